The lowest BCUT2D eigenvalue weighted by atomic mass is 9.97. The molecule has 0 amide bonds. The second-order valence-electron chi connectivity index (χ2n) is 3.24. The summed E-state index contributed by atoms with van der Waals surface area (Å²) in [6.07, 6.45) is 2.09. The topological polar surface area (TPSA) is 12.4 Å². The zero-order valence-corrected chi connectivity index (χ0v) is 8.31. The van der Waals surface area contributed by atoms with Gasteiger partial charge in [-0.05, 0) is 11.7 Å². The Morgan fingerprint density at radius 3 is 2.70 bits per heavy atom. The van der Waals surface area contributed by atoms with E-state index in [4.69, 9.17) is 0 Å². The van der Waals surface area contributed by atoms with Crippen LogP contribution < -0.4 is 0 Å². The summed E-state index contributed by atoms with van der Waals surface area (Å²) in [5.41, 5.74) is 0.421. The molecule has 0 aromatic carbocycles. The lowest BCUT2D eigenvalue weighted by Gasteiger charge is -2.26. The normalized spacial score (nSPS) is 24.1. The number of rotatable bonds is 0. The van der Waals surface area contributed by atoms with E-state index in [-0.39, 0.29) is 0 Å². The van der Waals surface area contributed by atoms with Gasteiger partial charge in [0.15, 0.2) is 0 Å². The smallest absolute Gasteiger partial charge is 0.124 e. The van der Waals surface area contributed by atoms with E-state index in [1.54, 1.807) is 11.8 Å². The fourth-order valence-electron chi connectivity index (χ4n) is 0.750. The van der Waals surface area contributed by atoms with Gasteiger partial charge in [0.2, 0.25) is 0 Å². The highest BCUT2D eigenvalue weighted by Crippen LogP contribution is 2.30. The van der Waals surface area contributed by atoms with Crippen molar-refractivity contribution in [2.24, 2.45) is 10.4 Å². The molecule has 0 aromatic rings. The molecule has 3 heteroatoms. The summed E-state index contributed by atoms with van der Waals surface area (Å²) >= 11 is 3.64. The Kier molecular flexibility index (Phi) is 2.69. The van der Waals surface area contributed by atoms with Gasteiger partial charge in [-0.3, -0.25) is 4.99 Å². The third-order valence-electron chi connectivity index (χ3n) is 1.40. The quantitative estimate of drug-likeness (QED) is 0.561. The molecule has 1 aliphatic rings. The lowest BCUT2D eigenvalue weighted by molar-refractivity contribution is 0.438. The molecule has 0 aromatic heterocycles. The molecule has 0 saturated carbocycles. The van der Waals surface area contributed by atoms with E-state index in [1.807, 2.05) is 11.8 Å². The first-order chi connectivity index (χ1) is 4.64. The minimum Gasteiger partial charge on any atom is -0.271 e. The van der Waals surface area contributed by atoms with Gasteiger partial charge in [0.05, 0.1) is 0 Å². The predicted octanol–water partition coefficient (Wildman–Crippen LogP) is 2.48. The van der Waals surface area contributed by atoms with Crippen LogP contribution in [0, 0.1) is 5.41 Å². The molecule has 1 nitrogen and oxygen atoms in total. The molecule has 58 valence electrons. The summed E-state index contributed by atoms with van der Waals surface area (Å²) in [7, 11) is 0. The van der Waals surface area contributed by atoms with Gasteiger partial charge in [-0.2, -0.15) is 0 Å². The monoisotopic (exact) mass is 175 g/mol. The third kappa shape index (κ3) is 2.20. The van der Waals surface area contributed by atoms with E-state index in [0.29, 0.717) is 5.41 Å². The average Bonchev–Trinajstić information content (AvgIpc) is 1.88. The van der Waals surface area contributed by atoms with Crippen LogP contribution in [0.5, 0.6) is 0 Å². The SMILES string of the molecule is CSC1=NCC(C)(C)CS1. The molecule has 0 fully saturated rings. The number of nitrogens with zero attached hydrogens (tertiary/aromatic N) is 1. The van der Waals surface area contributed by atoms with Gasteiger partial charge in [0.1, 0.15) is 4.38 Å². The molecule has 10 heavy (non-hydrogen) atoms. The maximum atomic E-state index is 4.44. The Labute approximate surface area is 71.1 Å². The van der Waals surface area contributed by atoms with Gasteiger partial charge in [-0.1, -0.05) is 25.6 Å². The van der Waals surface area contributed by atoms with E-state index >= 15 is 0 Å². The van der Waals surface area contributed by atoms with Crippen LogP contribution >= 0.6 is 23.5 Å². The largest absolute Gasteiger partial charge is 0.271 e. The fraction of sp³-hybridized carbons (Fsp3) is 0.857. The van der Waals surface area contributed by atoms with E-state index in [2.05, 4.69) is 25.1 Å². The molecule has 0 atom stereocenters. The van der Waals surface area contributed by atoms with Gasteiger partial charge in [0.25, 0.3) is 0 Å². The van der Waals surface area contributed by atoms with Crippen molar-refractivity contribution in [2.75, 3.05) is 18.6 Å². The minimum absolute atomic E-state index is 0.421. The van der Waals surface area contributed by atoms with Crippen LogP contribution in [-0.4, -0.2) is 22.9 Å². The van der Waals surface area contributed by atoms with Gasteiger partial charge >= 0.3 is 0 Å². The van der Waals surface area contributed by atoms with Crippen LogP contribution in [0.4, 0.5) is 0 Å². The summed E-state index contributed by atoms with van der Waals surface area (Å²) in [4.78, 5) is 4.44. The first-order valence-electron chi connectivity index (χ1n) is 3.35. The van der Waals surface area contributed by atoms with Crippen molar-refractivity contribution in [1.29, 1.82) is 0 Å². The summed E-state index contributed by atoms with van der Waals surface area (Å²) < 4.78 is 1.25. The Balaban J connectivity index is 2.52. The highest BCUT2D eigenvalue weighted by Gasteiger charge is 2.22. The average molecular weight is 175 g/mol. The molecular weight excluding hydrogens is 162 g/mol. The summed E-state index contributed by atoms with van der Waals surface area (Å²) in [5.74, 6) is 1.21. The van der Waals surface area contributed by atoms with Crippen LogP contribution in [-0.2, 0) is 0 Å². The molecule has 1 rings (SSSR count). The molecule has 1 heterocycles. The van der Waals surface area contributed by atoms with Gasteiger partial charge in [0, 0.05) is 12.3 Å². The Bertz CT molecular complexity index is 152. The first-order valence-corrected chi connectivity index (χ1v) is 5.56. The van der Waals surface area contributed by atoms with Crippen molar-refractivity contribution >= 4 is 27.9 Å². The Morgan fingerprint density at radius 2 is 2.30 bits per heavy atom. The predicted molar refractivity (Wildman–Crippen MR) is 52.1 cm³/mol. The maximum Gasteiger partial charge on any atom is 0.124 e. The van der Waals surface area contributed by atoms with Crippen LogP contribution in [0.2, 0.25) is 0 Å². The Morgan fingerprint density at radius 1 is 1.60 bits per heavy atom. The fourth-order valence-corrected chi connectivity index (χ4v) is 2.35. The van der Waals surface area contributed by atoms with Crippen molar-refractivity contribution in [3.8, 4) is 0 Å². The Hall–Kier alpha value is 0.370. The van der Waals surface area contributed by atoms with Crippen LogP contribution in [0.1, 0.15) is 13.8 Å². The van der Waals surface area contributed by atoms with Crippen LogP contribution in [0.15, 0.2) is 4.99 Å². The van der Waals surface area contributed by atoms with Crippen LogP contribution in [0.3, 0.4) is 0 Å². The molecule has 0 unspecified atom stereocenters. The molecule has 0 aliphatic carbocycles. The maximum absolute atomic E-state index is 4.44. The summed E-state index contributed by atoms with van der Waals surface area (Å²) in [6, 6.07) is 0. The number of hydrogen-bond donors (Lipinski definition) is 0. The van der Waals surface area contributed by atoms with Crippen molar-refractivity contribution in [1.82, 2.24) is 0 Å². The molecule has 0 radical (unpaired) electrons. The molecular formula is C7H13NS2. The van der Waals surface area contributed by atoms with Crippen molar-refractivity contribution in [3.63, 3.8) is 0 Å². The second-order valence-corrected chi connectivity index (χ2v) is 5.26. The molecule has 1 aliphatic heterocycles. The molecule has 0 spiro atoms. The third-order valence-corrected chi connectivity index (χ3v) is 4.03. The standard InChI is InChI=1S/C7H13NS2/c1-7(2)4-8-6(9-3)10-5-7/h4-5H2,1-3H3. The highest BCUT2D eigenvalue weighted by atomic mass is 32.2. The zero-order chi connectivity index (χ0) is 7.61. The van der Waals surface area contributed by atoms with Crippen molar-refractivity contribution in [3.05, 3.63) is 0 Å². The van der Waals surface area contributed by atoms with E-state index in [9.17, 15) is 0 Å². The molecule has 0 saturated heterocycles. The minimum atomic E-state index is 0.421. The second kappa shape index (κ2) is 3.18. The van der Waals surface area contributed by atoms with Gasteiger partial charge < -0.3 is 0 Å². The van der Waals surface area contributed by atoms with Gasteiger partial charge in [-0.15, -0.1) is 11.8 Å². The highest BCUT2D eigenvalue weighted by molar-refractivity contribution is 8.38. The number of thioether (sulfide) groups is 2. The number of aliphatic imine (C=N–C) groups is 1. The molecule has 0 N–H and O–H groups in total. The summed E-state index contributed by atoms with van der Waals surface area (Å²) in [5, 5.41) is 0. The molecule has 0 bridgehead atoms. The van der Waals surface area contributed by atoms with Crippen LogP contribution in [0.25, 0.3) is 0 Å². The van der Waals surface area contributed by atoms with E-state index < -0.39 is 0 Å². The van der Waals surface area contributed by atoms with Gasteiger partial charge in [-0.25, -0.2) is 0 Å². The van der Waals surface area contributed by atoms with Crippen molar-refractivity contribution in [2.45, 2.75) is 13.8 Å². The zero-order valence-electron chi connectivity index (χ0n) is 6.68. The summed E-state index contributed by atoms with van der Waals surface area (Å²) in [6.45, 7) is 5.53. The van der Waals surface area contributed by atoms with E-state index in [0.717, 1.165) is 6.54 Å². The first kappa shape index (κ1) is 8.47. The van der Waals surface area contributed by atoms with Crippen molar-refractivity contribution < 1.29 is 0 Å². The lowest BCUT2D eigenvalue weighted by Crippen LogP contribution is -2.23. The number of hydrogen-bond acceptors (Lipinski definition) is 3. The van der Waals surface area contributed by atoms with E-state index in [1.165, 1.54) is 10.1 Å².